The number of nitrogens with one attached hydrogen (secondary N) is 3. The molecule has 0 aliphatic carbocycles. The Morgan fingerprint density at radius 3 is 2.82 bits per heavy atom. The molecule has 7 nitrogen and oxygen atoms in total. The highest BCUT2D eigenvalue weighted by Gasteiger charge is 2.16. The summed E-state index contributed by atoms with van der Waals surface area (Å²) in [7, 11) is -3.40. The molecule has 1 saturated heterocycles. The fourth-order valence-electron chi connectivity index (χ4n) is 2.06. The van der Waals surface area contributed by atoms with E-state index in [1.54, 1.807) is 6.07 Å². The molecular formula is C13H18ClN3O4S. The monoisotopic (exact) mass is 347 g/mol. The van der Waals surface area contributed by atoms with Crippen LogP contribution in [0.1, 0.15) is 12.8 Å². The van der Waals surface area contributed by atoms with E-state index < -0.39 is 10.0 Å². The van der Waals surface area contributed by atoms with Crippen molar-refractivity contribution in [3.8, 4) is 0 Å². The molecule has 2 rings (SSSR count). The van der Waals surface area contributed by atoms with Crippen molar-refractivity contribution in [1.29, 1.82) is 0 Å². The number of hydrogen-bond acceptors (Lipinski definition) is 4. The Bertz CT molecular complexity index is 645. The molecule has 122 valence electrons. The zero-order chi connectivity index (χ0) is 16.2. The predicted octanol–water partition coefficient (Wildman–Crippen LogP) is 2.01. The lowest BCUT2D eigenvalue weighted by Crippen LogP contribution is -2.35. The number of sulfonamides is 1. The van der Waals surface area contributed by atoms with Crippen LogP contribution in [0.3, 0.4) is 0 Å². The average molecular weight is 348 g/mol. The maximum atomic E-state index is 11.8. The minimum atomic E-state index is -3.40. The summed E-state index contributed by atoms with van der Waals surface area (Å²) in [5, 5.41) is 5.54. The van der Waals surface area contributed by atoms with Gasteiger partial charge in [0.2, 0.25) is 10.0 Å². The molecule has 0 bridgehead atoms. The van der Waals surface area contributed by atoms with Gasteiger partial charge < -0.3 is 15.4 Å². The molecule has 1 fully saturated rings. The molecule has 1 aromatic rings. The lowest BCUT2D eigenvalue weighted by atomic mass is 10.2. The van der Waals surface area contributed by atoms with E-state index in [9.17, 15) is 13.2 Å². The molecule has 3 N–H and O–H groups in total. The van der Waals surface area contributed by atoms with Gasteiger partial charge in [-0.15, -0.1) is 0 Å². The summed E-state index contributed by atoms with van der Waals surface area (Å²) >= 11 is 5.98. The Labute approximate surface area is 134 Å². The highest BCUT2D eigenvalue weighted by molar-refractivity contribution is 7.92. The summed E-state index contributed by atoms with van der Waals surface area (Å²) in [5.74, 6) is 0. The number of benzene rings is 1. The lowest BCUT2D eigenvalue weighted by Gasteiger charge is -2.13. The first-order valence-corrected chi connectivity index (χ1v) is 9.04. The Kier molecular flexibility index (Phi) is 5.49. The minimum Gasteiger partial charge on any atom is -0.376 e. The van der Waals surface area contributed by atoms with Gasteiger partial charge in [0.1, 0.15) is 0 Å². The molecule has 1 heterocycles. The number of ether oxygens (including phenoxy) is 1. The van der Waals surface area contributed by atoms with Gasteiger partial charge in [0.05, 0.1) is 23.1 Å². The first kappa shape index (κ1) is 16.9. The van der Waals surface area contributed by atoms with Crippen LogP contribution in [0, 0.1) is 0 Å². The molecule has 0 saturated carbocycles. The van der Waals surface area contributed by atoms with E-state index in [4.69, 9.17) is 16.3 Å². The van der Waals surface area contributed by atoms with Gasteiger partial charge >= 0.3 is 6.03 Å². The summed E-state index contributed by atoms with van der Waals surface area (Å²) in [5.41, 5.74) is 0.725. The van der Waals surface area contributed by atoms with Crippen LogP contribution < -0.4 is 15.4 Å². The van der Waals surface area contributed by atoms with Crippen LogP contribution in [-0.2, 0) is 14.8 Å². The van der Waals surface area contributed by atoms with Crippen LogP contribution >= 0.6 is 11.6 Å². The Morgan fingerprint density at radius 2 is 2.23 bits per heavy atom. The van der Waals surface area contributed by atoms with Gasteiger partial charge in [0.25, 0.3) is 0 Å². The third kappa shape index (κ3) is 5.36. The van der Waals surface area contributed by atoms with Crippen molar-refractivity contribution in [3.05, 3.63) is 23.2 Å². The molecule has 0 radical (unpaired) electrons. The third-order valence-electron chi connectivity index (χ3n) is 3.04. The number of anilines is 2. The van der Waals surface area contributed by atoms with Crippen molar-refractivity contribution >= 4 is 39.0 Å². The second-order valence-corrected chi connectivity index (χ2v) is 7.19. The number of halogens is 1. The number of carbonyl (C=O) groups is 1. The van der Waals surface area contributed by atoms with Gasteiger partial charge in [-0.2, -0.15) is 0 Å². The van der Waals surface area contributed by atoms with Crippen LogP contribution in [0.25, 0.3) is 0 Å². The largest absolute Gasteiger partial charge is 0.376 e. The molecule has 2 amide bonds. The summed E-state index contributed by atoms with van der Waals surface area (Å²) in [6.45, 7) is 1.19. The van der Waals surface area contributed by atoms with Gasteiger partial charge in [-0.1, -0.05) is 11.6 Å². The molecular weight excluding hydrogens is 330 g/mol. The molecule has 0 spiro atoms. The third-order valence-corrected chi connectivity index (χ3v) is 3.94. The number of amides is 2. The predicted molar refractivity (Wildman–Crippen MR) is 85.9 cm³/mol. The molecule has 1 unspecified atom stereocenters. The molecule has 9 heteroatoms. The summed E-state index contributed by atoms with van der Waals surface area (Å²) in [6, 6.07) is 4.15. The van der Waals surface area contributed by atoms with Crippen LogP contribution in [-0.4, -0.2) is 40.0 Å². The van der Waals surface area contributed by atoms with Crippen LogP contribution in [0.4, 0.5) is 16.2 Å². The smallest absolute Gasteiger partial charge is 0.319 e. The van der Waals surface area contributed by atoms with E-state index in [0.717, 1.165) is 25.7 Å². The van der Waals surface area contributed by atoms with Crippen molar-refractivity contribution in [2.24, 2.45) is 0 Å². The lowest BCUT2D eigenvalue weighted by molar-refractivity contribution is 0.112. The van der Waals surface area contributed by atoms with E-state index in [1.165, 1.54) is 12.1 Å². The maximum absolute atomic E-state index is 11.8. The standard InChI is InChI=1S/C13H18ClN3O4S/c1-22(19,20)17-12-5-4-9(7-11(12)14)16-13(18)15-8-10-3-2-6-21-10/h4-5,7,10,17H,2-3,6,8H2,1H3,(H2,15,16,18). The van der Waals surface area contributed by atoms with Gasteiger partial charge in [-0.05, 0) is 31.0 Å². The van der Waals surface area contributed by atoms with Crippen molar-refractivity contribution in [3.63, 3.8) is 0 Å². The van der Waals surface area contributed by atoms with E-state index in [1.807, 2.05) is 0 Å². The second kappa shape index (κ2) is 7.17. The fraction of sp³-hybridized carbons (Fsp3) is 0.462. The molecule has 22 heavy (non-hydrogen) atoms. The SMILES string of the molecule is CS(=O)(=O)Nc1ccc(NC(=O)NCC2CCCO2)cc1Cl. The topological polar surface area (TPSA) is 96.5 Å². The number of rotatable bonds is 5. The molecule has 1 aromatic carbocycles. The number of urea groups is 1. The molecule has 1 aliphatic rings. The molecule has 1 aliphatic heterocycles. The van der Waals surface area contributed by atoms with Crippen molar-refractivity contribution in [1.82, 2.24) is 5.32 Å². The summed E-state index contributed by atoms with van der Waals surface area (Å²) in [4.78, 5) is 11.8. The zero-order valence-electron chi connectivity index (χ0n) is 12.1. The van der Waals surface area contributed by atoms with Crippen LogP contribution in [0.2, 0.25) is 5.02 Å². The van der Waals surface area contributed by atoms with E-state index >= 15 is 0 Å². The van der Waals surface area contributed by atoms with E-state index in [2.05, 4.69) is 15.4 Å². The Morgan fingerprint density at radius 1 is 1.45 bits per heavy atom. The van der Waals surface area contributed by atoms with Gasteiger partial charge in [-0.25, -0.2) is 13.2 Å². The molecule has 0 aromatic heterocycles. The number of carbonyl (C=O) groups excluding carboxylic acids is 1. The summed E-state index contributed by atoms with van der Waals surface area (Å²) < 4.78 is 30.0. The quantitative estimate of drug-likeness (QED) is 0.759. The van der Waals surface area contributed by atoms with E-state index in [0.29, 0.717) is 12.2 Å². The van der Waals surface area contributed by atoms with Crippen LogP contribution in [0.5, 0.6) is 0 Å². The van der Waals surface area contributed by atoms with Gasteiger partial charge in [0, 0.05) is 18.8 Å². The highest BCUT2D eigenvalue weighted by atomic mass is 35.5. The van der Waals surface area contributed by atoms with Gasteiger partial charge in [-0.3, -0.25) is 4.72 Å². The fourth-order valence-corrected chi connectivity index (χ4v) is 2.92. The summed E-state index contributed by atoms with van der Waals surface area (Å²) in [6.07, 6.45) is 3.06. The van der Waals surface area contributed by atoms with Crippen molar-refractivity contribution in [2.75, 3.05) is 29.4 Å². The first-order valence-electron chi connectivity index (χ1n) is 6.77. The second-order valence-electron chi connectivity index (χ2n) is 5.04. The van der Waals surface area contributed by atoms with Crippen molar-refractivity contribution < 1.29 is 17.9 Å². The Hall–Kier alpha value is -1.51. The minimum absolute atomic E-state index is 0.0654. The zero-order valence-corrected chi connectivity index (χ0v) is 13.6. The van der Waals surface area contributed by atoms with Crippen LogP contribution in [0.15, 0.2) is 18.2 Å². The Balaban J connectivity index is 1.89. The van der Waals surface area contributed by atoms with E-state index in [-0.39, 0.29) is 22.8 Å². The normalized spacial score (nSPS) is 18.0. The average Bonchev–Trinajstić information content (AvgIpc) is 2.91. The highest BCUT2D eigenvalue weighted by Crippen LogP contribution is 2.26. The number of hydrogen-bond donors (Lipinski definition) is 3. The first-order chi connectivity index (χ1) is 10.3. The maximum Gasteiger partial charge on any atom is 0.319 e. The van der Waals surface area contributed by atoms with Gasteiger partial charge in [0.15, 0.2) is 0 Å². The molecule has 1 atom stereocenters. The van der Waals surface area contributed by atoms with Crippen molar-refractivity contribution in [2.45, 2.75) is 18.9 Å².